The Morgan fingerprint density at radius 1 is 1.67 bits per heavy atom. The molecule has 0 aliphatic rings. The van der Waals surface area contributed by atoms with Gasteiger partial charge in [0.15, 0.2) is 0 Å². The van der Waals surface area contributed by atoms with Crippen molar-refractivity contribution in [3.63, 3.8) is 0 Å². The lowest BCUT2D eigenvalue weighted by molar-refractivity contribution is 0.275. The molecule has 0 heterocycles. The fraction of sp³-hybridized carbons (Fsp3) is 0. The molecule has 0 fully saturated rings. The smallest absolute Gasteiger partial charge is 0.344 e. The maximum Gasteiger partial charge on any atom is 0.466 e. The standard InChI is InChI=1S/H3N.H3O4P/c;1-5(2,3)4/h1H3;(H3,1,2,3,4)/i/hD. The highest BCUT2D eigenvalue weighted by molar-refractivity contribution is 7.45. The summed E-state index contributed by atoms with van der Waals surface area (Å²) in [6.07, 6.45) is 0. The largest absolute Gasteiger partial charge is 0.466 e. The van der Waals surface area contributed by atoms with Crippen molar-refractivity contribution in [1.29, 1.82) is 1.43 Å². The average Bonchev–Trinajstić information content (AvgIpc) is 1.35. The monoisotopic (exact) mass is 116 g/mol. The second kappa shape index (κ2) is 2.28. The van der Waals surface area contributed by atoms with Gasteiger partial charge in [0.05, 0.1) is 0 Å². The fourth-order valence-corrected chi connectivity index (χ4v) is 0. The summed E-state index contributed by atoms with van der Waals surface area (Å²) in [4.78, 5) is 17.9. The highest BCUT2D eigenvalue weighted by Gasteiger charge is 2.00. The molecule has 0 atom stereocenters. The van der Waals surface area contributed by atoms with Crippen LogP contribution in [0.3, 0.4) is 0 Å². The first kappa shape index (κ1) is 6.07. The molecular formula is H6NO4P. The van der Waals surface area contributed by atoms with E-state index < -0.39 is 7.82 Å². The van der Waals surface area contributed by atoms with Gasteiger partial charge in [-0.3, -0.25) is 0 Å². The number of phosphoric acid groups is 1. The molecule has 0 rings (SSSR count). The fourth-order valence-electron chi connectivity index (χ4n) is 0. The minimum absolute atomic E-state index is 0. The highest BCUT2D eigenvalue weighted by Crippen LogP contribution is 2.25. The second-order valence-electron chi connectivity index (χ2n) is 0.491. The number of hydrogen-bond donors (Lipinski definition) is 4. The molecule has 40 valence electrons. The molecule has 0 aromatic heterocycles. The normalized spacial score (nSPS) is 12.0. The van der Waals surface area contributed by atoms with Gasteiger partial charge < -0.3 is 20.8 Å². The van der Waals surface area contributed by atoms with Crippen molar-refractivity contribution in [2.75, 3.05) is 0 Å². The predicted molar refractivity (Wildman–Crippen MR) is 19.3 cm³/mol. The lowest BCUT2D eigenvalue weighted by Crippen LogP contribution is -1.66. The first-order chi connectivity index (χ1) is 2.56. The van der Waals surface area contributed by atoms with Gasteiger partial charge in [-0.2, -0.15) is 0 Å². The van der Waals surface area contributed by atoms with E-state index in [1.807, 2.05) is 0 Å². The molecule has 0 saturated carbocycles. The Hall–Kier alpha value is 0.0700. The van der Waals surface area contributed by atoms with Crippen LogP contribution in [0.15, 0.2) is 0 Å². The minimum atomic E-state index is -4.48. The molecule has 0 saturated heterocycles. The Bertz CT molecular complexity index is 75.8. The molecule has 0 aliphatic carbocycles. The third-order valence-electron chi connectivity index (χ3n) is 0. The van der Waals surface area contributed by atoms with E-state index in [-0.39, 0.29) is 6.15 Å². The van der Waals surface area contributed by atoms with Crippen LogP contribution in [-0.4, -0.2) is 16.1 Å². The number of rotatable bonds is 1. The van der Waals surface area contributed by atoms with Gasteiger partial charge in [0.1, 0.15) is 0 Å². The first-order valence-electron chi connectivity index (χ1n) is 1.17. The summed E-state index contributed by atoms with van der Waals surface area (Å²) in [6.45, 7) is 0. The molecular weight excluding hydrogens is 109 g/mol. The van der Waals surface area contributed by atoms with Crippen molar-refractivity contribution in [2.45, 2.75) is 0 Å². The van der Waals surface area contributed by atoms with Gasteiger partial charge in [-0.1, -0.05) is 0 Å². The molecule has 6 heteroatoms. The lowest BCUT2D eigenvalue weighted by atomic mass is 14.0. The van der Waals surface area contributed by atoms with E-state index in [1.165, 1.54) is 0 Å². The van der Waals surface area contributed by atoms with Crippen LogP contribution in [0.5, 0.6) is 0 Å². The molecule has 6 heavy (non-hydrogen) atoms. The molecule has 0 unspecified atom stereocenters. The van der Waals surface area contributed by atoms with Crippen molar-refractivity contribution in [1.82, 2.24) is 6.15 Å². The van der Waals surface area contributed by atoms with Gasteiger partial charge in [-0.15, -0.1) is 0 Å². The molecule has 0 spiro atoms. The topological polar surface area (TPSA) is 113 Å². The van der Waals surface area contributed by atoms with Crippen LogP contribution in [-0.2, 0) is 4.57 Å². The third kappa shape index (κ3) is 7830. The van der Waals surface area contributed by atoms with E-state index >= 15 is 0 Å². The Morgan fingerprint density at radius 2 is 1.83 bits per heavy atom. The minimum Gasteiger partial charge on any atom is -0.344 e. The summed E-state index contributed by atoms with van der Waals surface area (Å²) in [5.41, 5.74) is 0. The summed E-state index contributed by atoms with van der Waals surface area (Å²) in [5, 5.41) is 0. The van der Waals surface area contributed by atoms with E-state index in [0.717, 1.165) is 0 Å². The number of hydrogen-bond acceptors (Lipinski definition) is 3. The van der Waals surface area contributed by atoms with E-state index in [0.29, 0.717) is 0 Å². The van der Waals surface area contributed by atoms with E-state index in [4.69, 9.17) is 11.2 Å². The Balaban J connectivity index is 0. The second-order valence-corrected chi connectivity index (χ2v) is 1.47. The molecule has 0 amide bonds. The van der Waals surface area contributed by atoms with Crippen LogP contribution in [0.2, 0.25) is 0 Å². The van der Waals surface area contributed by atoms with Gasteiger partial charge in [0.25, 0.3) is 0 Å². The predicted octanol–water partition coefficient (Wildman–Crippen LogP) is -0.767. The molecule has 0 aromatic rings. The van der Waals surface area contributed by atoms with Crippen molar-refractivity contribution >= 4 is 7.82 Å². The Kier molecular flexibility index (Phi) is 2.31. The lowest BCUT2D eigenvalue weighted by Gasteiger charge is -1.82. The van der Waals surface area contributed by atoms with Crippen molar-refractivity contribution in [3.8, 4) is 0 Å². The van der Waals surface area contributed by atoms with Crippen LogP contribution in [0.1, 0.15) is 0 Å². The van der Waals surface area contributed by atoms with E-state index in [2.05, 4.69) is 4.90 Å². The van der Waals surface area contributed by atoms with Crippen LogP contribution in [0.25, 0.3) is 0 Å². The van der Waals surface area contributed by atoms with Crippen LogP contribution in [0.4, 0.5) is 0 Å². The molecule has 0 aliphatic heterocycles. The average molecular weight is 116 g/mol. The van der Waals surface area contributed by atoms with Gasteiger partial charge in [0, 0.05) is 0 Å². The summed E-state index contributed by atoms with van der Waals surface area (Å²) in [5.74, 6) is 0. The van der Waals surface area contributed by atoms with Crippen LogP contribution in [0, 0.1) is 0 Å². The molecule has 0 radical (unpaired) electrons. The molecule has 6 N–H and O–H groups in total. The Labute approximate surface area is 35.9 Å². The zero-order valence-electron chi connectivity index (χ0n) is 3.87. The summed E-state index contributed by atoms with van der Waals surface area (Å²) in [6, 6.07) is 0. The quantitative estimate of drug-likeness (QED) is 0.336. The maximum absolute atomic E-state index is 9.28. The Morgan fingerprint density at radius 3 is 1.83 bits per heavy atom. The molecule has 5 nitrogen and oxygen atoms in total. The van der Waals surface area contributed by atoms with Crippen molar-refractivity contribution < 1.29 is 19.2 Å². The zero-order chi connectivity index (χ0) is 5.21. The summed E-state index contributed by atoms with van der Waals surface area (Å²) < 4.78 is 14.9. The highest BCUT2D eigenvalue weighted by atomic mass is 31.2. The van der Waals surface area contributed by atoms with Crippen molar-refractivity contribution in [2.24, 2.45) is 0 Å². The summed E-state index contributed by atoms with van der Waals surface area (Å²) >= 11 is 0. The summed E-state index contributed by atoms with van der Waals surface area (Å²) in [7, 11) is -4.48. The third-order valence-corrected chi connectivity index (χ3v) is 0. The van der Waals surface area contributed by atoms with Gasteiger partial charge >= 0.3 is 7.82 Å². The molecule has 0 aromatic carbocycles. The van der Waals surface area contributed by atoms with Crippen molar-refractivity contribution in [3.05, 3.63) is 0 Å². The van der Waals surface area contributed by atoms with E-state index in [9.17, 15) is 4.57 Å². The SMILES string of the molecule is N.[2H]OP(=O)(O)O. The van der Waals surface area contributed by atoms with Crippen LogP contribution >= 0.6 is 7.82 Å². The van der Waals surface area contributed by atoms with Gasteiger partial charge in [0.2, 0.25) is 1.43 Å². The van der Waals surface area contributed by atoms with Gasteiger partial charge in [-0.25, -0.2) is 4.57 Å². The maximum atomic E-state index is 9.28. The van der Waals surface area contributed by atoms with E-state index in [1.54, 1.807) is 0 Å². The first-order valence-corrected chi connectivity index (χ1v) is 2.30. The zero-order valence-corrected chi connectivity index (χ0v) is 3.76. The van der Waals surface area contributed by atoms with Crippen LogP contribution < -0.4 is 6.15 Å². The molecule has 0 bridgehead atoms. The van der Waals surface area contributed by atoms with Gasteiger partial charge in [-0.05, 0) is 0 Å².